The Balaban J connectivity index is 2.02. The number of rotatable bonds is 6. The topological polar surface area (TPSA) is 29.3 Å². The van der Waals surface area contributed by atoms with E-state index in [-0.39, 0.29) is 6.04 Å². The van der Waals surface area contributed by atoms with Gasteiger partial charge in [-0.25, -0.2) is 0 Å². The average Bonchev–Trinajstić information content (AvgIpc) is 2.91. The molecule has 1 unspecified atom stereocenters. The third-order valence-electron chi connectivity index (χ3n) is 4.34. The van der Waals surface area contributed by atoms with Crippen LogP contribution >= 0.6 is 0 Å². The lowest BCUT2D eigenvalue weighted by atomic mass is 10.0. The first-order valence-corrected chi connectivity index (χ1v) is 8.12. The second-order valence-electron chi connectivity index (χ2n) is 6.81. The van der Waals surface area contributed by atoms with Crippen molar-refractivity contribution in [3.8, 4) is 0 Å². The van der Waals surface area contributed by atoms with Crippen molar-refractivity contribution in [3.05, 3.63) is 35.4 Å². The van der Waals surface area contributed by atoms with Crippen LogP contribution in [0, 0.1) is 12.8 Å². The molecule has 0 saturated heterocycles. The van der Waals surface area contributed by atoms with Crippen molar-refractivity contribution in [2.24, 2.45) is 11.7 Å². The van der Waals surface area contributed by atoms with E-state index >= 15 is 0 Å². The molecule has 1 saturated carbocycles. The highest BCUT2D eigenvalue weighted by Crippen LogP contribution is 2.26. The highest BCUT2D eigenvalue weighted by molar-refractivity contribution is 5.25. The van der Waals surface area contributed by atoms with Gasteiger partial charge in [0.1, 0.15) is 0 Å². The highest BCUT2D eigenvalue weighted by Gasteiger charge is 2.24. The van der Waals surface area contributed by atoms with E-state index in [1.807, 2.05) is 0 Å². The van der Waals surface area contributed by atoms with Gasteiger partial charge in [-0.15, -0.1) is 0 Å². The number of nitrogens with zero attached hydrogens (tertiary/aromatic N) is 1. The summed E-state index contributed by atoms with van der Waals surface area (Å²) in [5.74, 6) is 0.709. The molecule has 0 aromatic heterocycles. The first kappa shape index (κ1) is 15.5. The Kier molecular flexibility index (Phi) is 5.62. The monoisotopic (exact) mass is 274 g/mol. The Bertz CT molecular complexity index is 408. The van der Waals surface area contributed by atoms with E-state index in [9.17, 15) is 0 Å². The summed E-state index contributed by atoms with van der Waals surface area (Å²) in [4.78, 5) is 2.64. The van der Waals surface area contributed by atoms with Gasteiger partial charge in [0, 0.05) is 25.2 Å². The lowest BCUT2D eigenvalue weighted by molar-refractivity contribution is 0.167. The van der Waals surface area contributed by atoms with Crippen molar-refractivity contribution < 1.29 is 0 Å². The summed E-state index contributed by atoms with van der Waals surface area (Å²) < 4.78 is 0. The number of hydrogen-bond donors (Lipinski definition) is 1. The van der Waals surface area contributed by atoms with Crippen LogP contribution < -0.4 is 5.73 Å². The minimum Gasteiger partial charge on any atom is -0.323 e. The van der Waals surface area contributed by atoms with Gasteiger partial charge in [-0.3, -0.25) is 4.90 Å². The third kappa shape index (κ3) is 4.32. The van der Waals surface area contributed by atoms with Gasteiger partial charge in [0.2, 0.25) is 0 Å². The number of aryl methyl sites for hydroxylation is 1. The van der Waals surface area contributed by atoms with Gasteiger partial charge in [0.25, 0.3) is 0 Å². The molecule has 1 aliphatic carbocycles. The van der Waals surface area contributed by atoms with Crippen molar-refractivity contribution in [2.45, 2.75) is 58.5 Å². The molecule has 1 aromatic carbocycles. The predicted octanol–water partition coefficient (Wildman–Crippen LogP) is 3.90. The molecule has 0 heterocycles. The molecule has 0 aliphatic heterocycles. The molecular formula is C18H30N2. The molecule has 0 bridgehead atoms. The summed E-state index contributed by atoms with van der Waals surface area (Å²) in [6.07, 6.45) is 5.48. The van der Waals surface area contributed by atoms with Gasteiger partial charge < -0.3 is 5.73 Å². The summed E-state index contributed by atoms with van der Waals surface area (Å²) in [5.41, 5.74) is 9.04. The Morgan fingerprint density at radius 2 is 1.90 bits per heavy atom. The number of benzene rings is 1. The van der Waals surface area contributed by atoms with E-state index in [4.69, 9.17) is 5.73 Å². The maximum Gasteiger partial charge on any atom is 0.0424 e. The molecule has 0 radical (unpaired) electrons. The lowest BCUT2D eigenvalue weighted by Crippen LogP contribution is -2.41. The van der Waals surface area contributed by atoms with Gasteiger partial charge in [0.05, 0.1) is 0 Å². The minimum atomic E-state index is 0.134. The van der Waals surface area contributed by atoms with Crippen molar-refractivity contribution in [1.82, 2.24) is 4.90 Å². The minimum absolute atomic E-state index is 0.134. The smallest absolute Gasteiger partial charge is 0.0424 e. The van der Waals surface area contributed by atoms with Gasteiger partial charge >= 0.3 is 0 Å². The molecule has 2 rings (SSSR count). The van der Waals surface area contributed by atoms with E-state index in [2.05, 4.69) is 49.9 Å². The Hall–Kier alpha value is -0.860. The van der Waals surface area contributed by atoms with E-state index in [1.165, 1.54) is 43.4 Å². The fraction of sp³-hybridized carbons (Fsp3) is 0.667. The van der Waals surface area contributed by atoms with E-state index in [0.717, 1.165) is 12.6 Å². The second-order valence-corrected chi connectivity index (χ2v) is 6.81. The molecule has 2 nitrogen and oxygen atoms in total. The van der Waals surface area contributed by atoms with Crippen molar-refractivity contribution in [3.63, 3.8) is 0 Å². The van der Waals surface area contributed by atoms with E-state index in [0.29, 0.717) is 5.92 Å². The molecule has 1 aromatic rings. The van der Waals surface area contributed by atoms with Gasteiger partial charge in [0.15, 0.2) is 0 Å². The SMILES string of the molecule is Cc1cccc(C(N)CN(CC(C)C)C2CCCC2)c1. The number of nitrogens with two attached hydrogens (primary N) is 1. The summed E-state index contributed by atoms with van der Waals surface area (Å²) in [6, 6.07) is 9.54. The fourth-order valence-electron chi connectivity index (χ4n) is 3.37. The fourth-order valence-corrected chi connectivity index (χ4v) is 3.37. The largest absolute Gasteiger partial charge is 0.323 e. The Morgan fingerprint density at radius 1 is 1.20 bits per heavy atom. The lowest BCUT2D eigenvalue weighted by Gasteiger charge is -2.32. The number of hydrogen-bond acceptors (Lipinski definition) is 2. The molecule has 20 heavy (non-hydrogen) atoms. The van der Waals surface area contributed by atoms with Gasteiger partial charge in [-0.1, -0.05) is 56.5 Å². The van der Waals surface area contributed by atoms with Crippen LogP contribution in [0.15, 0.2) is 24.3 Å². The molecule has 2 N–H and O–H groups in total. The Morgan fingerprint density at radius 3 is 2.50 bits per heavy atom. The summed E-state index contributed by atoms with van der Waals surface area (Å²) in [5, 5.41) is 0. The molecule has 1 fully saturated rings. The molecule has 1 aliphatic rings. The first-order chi connectivity index (χ1) is 9.56. The van der Waals surface area contributed by atoms with Crippen LogP contribution in [0.1, 0.15) is 56.7 Å². The molecule has 1 atom stereocenters. The van der Waals surface area contributed by atoms with E-state index in [1.54, 1.807) is 0 Å². The van der Waals surface area contributed by atoms with Crippen molar-refractivity contribution in [2.75, 3.05) is 13.1 Å². The van der Waals surface area contributed by atoms with Crippen molar-refractivity contribution in [1.29, 1.82) is 0 Å². The molecule has 0 amide bonds. The first-order valence-electron chi connectivity index (χ1n) is 8.12. The van der Waals surface area contributed by atoms with Crippen LogP contribution in [0.3, 0.4) is 0 Å². The van der Waals surface area contributed by atoms with Crippen LogP contribution in [0.2, 0.25) is 0 Å². The van der Waals surface area contributed by atoms with Crippen LogP contribution in [0.25, 0.3) is 0 Å². The zero-order valence-electron chi connectivity index (χ0n) is 13.3. The van der Waals surface area contributed by atoms with Crippen LogP contribution in [0.4, 0.5) is 0 Å². The summed E-state index contributed by atoms with van der Waals surface area (Å²) >= 11 is 0. The standard InChI is InChI=1S/C18H30N2/c1-14(2)12-20(17-9-4-5-10-17)13-18(19)16-8-6-7-15(3)11-16/h6-8,11,14,17-18H,4-5,9-10,12-13,19H2,1-3H3. The summed E-state index contributed by atoms with van der Waals surface area (Å²) in [6.45, 7) is 8.91. The molecular weight excluding hydrogens is 244 g/mol. The highest BCUT2D eigenvalue weighted by atomic mass is 15.2. The van der Waals surface area contributed by atoms with Crippen LogP contribution in [-0.2, 0) is 0 Å². The molecule has 2 heteroatoms. The van der Waals surface area contributed by atoms with Gasteiger partial charge in [-0.05, 0) is 31.2 Å². The third-order valence-corrected chi connectivity index (χ3v) is 4.34. The zero-order valence-corrected chi connectivity index (χ0v) is 13.3. The van der Waals surface area contributed by atoms with Crippen LogP contribution in [-0.4, -0.2) is 24.0 Å². The van der Waals surface area contributed by atoms with Crippen LogP contribution in [0.5, 0.6) is 0 Å². The normalized spacial score (nSPS) is 18.1. The second kappa shape index (κ2) is 7.24. The maximum absolute atomic E-state index is 6.47. The van der Waals surface area contributed by atoms with Crippen molar-refractivity contribution >= 4 is 0 Å². The average molecular weight is 274 g/mol. The van der Waals surface area contributed by atoms with Gasteiger partial charge in [-0.2, -0.15) is 0 Å². The quantitative estimate of drug-likeness (QED) is 0.852. The summed E-state index contributed by atoms with van der Waals surface area (Å²) in [7, 11) is 0. The molecule has 0 spiro atoms. The zero-order chi connectivity index (χ0) is 14.5. The maximum atomic E-state index is 6.47. The van der Waals surface area contributed by atoms with E-state index < -0.39 is 0 Å². The predicted molar refractivity (Wildman–Crippen MR) is 86.8 cm³/mol. The Labute approximate surface area is 124 Å². The molecule has 112 valence electrons.